The molecular formula is C9H9BrF2O2. The van der Waals surface area contributed by atoms with Crippen LogP contribution in [0.2, 0.25) is 0 Å². The summed E-state index contributed by atoms with van der Waals surface area (Å²) in [4.78, 5) is 0. The van der Waals surface area contributed by atoms with Crippen LogP contribution in [-0.2, 0) is 6.61 Å². The summed E-state index contributed by atoms with van der Waals surface area (Å²) in [6.45, 7) is -1.57. The lowest BCUT2D eigenvalue weighted by molar-refractivity contribution is -0.0514. The van der Waals surface area contributed by atoms with E-state index in [0.717, 1.165) is 4.47 Å². The van der Waals surface area contributed by atoms with Crippen LogP contribution in [0.15, 0.2) is 16.6 Å². The number of benzene rings is 1. The Morgan fingerprint density at radius 3 is 2.64 bits per heavy atom. The van der Waals surface area contributed by atoms with E-state index in [9.17, 15) is 8.78 Å². The molecule has 0 saturated carbocycles. The molecule has 2 nitrogen and oxygen atoms in total. The normalized spacial score (nSPS) is 10.7. The standard InChI is InChI=1S/C9H9BrF2O2/c1-5-2-7(10)3-6(4-13)8(5)14-9(11)12/h2-3,9,13H,4H2,1H3. The van der Waals surface area contributed by atoms with Gasteiger partial charge in [-0.2, -0.15) is 8.78 Å². The Morgan fingerprint density at radius 1 is 1.50 bits per heavy atom. The highest BCUT2D eigenvalue weighted by Crippen LogP contribution is 2.29. The van der Waals surface area contributed by atoms with Crippen LogP contribution in [0.1, 0.15) is 11.1 Å². The number of aliphatic hydroxyl groups is 1. The van der Waals surface area contributed by atoms with Gasteiger partial charge in [-0.25, -0.2) is 0 Å². The fourth-order valence-corrected chi connectivity index (χ4v) is 1.79. The van der Waals surface area contributed by atoms with Crippen molar-refractivity contribution < 1.29 is 18.6 Å². The van der Waals surface area contributed by atoms with Crippen molar-refractivity contribution >= 4 is 15.9 Å². The number of halogens is 3. The molecule has 0 aliphatic rings. The summed E-state index contributed by atoms with van der Waals surface area (Å²) in [6.07, 6.45) is 0. The average molecular weight is 267 g/mol. The van der Waals surface area contributed by atoms with E-state index < -0.39 is 6.61 Å². The molecule has 0 heterocycles. The summed E-state index contributed by atoms with van der Waals surface area (Å²) in [5, 5.41) is 8.93. The summed E-state index contributed by atoms with van der Waals surface area (Å²) < 4.78 is 29.0. The van der Waals surface area contributed by atoms with E-state index in [4.69, 9.17) is 5.11 Å². The topological polar surface area (TPSA) is 29.5 Å². The molecule has 1 rings (SSSR count). The van der Waals surface area contributed by atoms with Gasteiger partial charge in [-0.1, -0.05) is 15.9 Å². The Bertz CT molecular complexity index is 329. The first kappa shape index (κ1) is 11.4. The Morgan fingerprint density at radius 2 is 2.14 bits per heavy atom. The first-order valence-electron chi connectivity index (χ1n) is 3.89. The van der Waals surface area contributed by atoms with Crippen LogP contribution < -0.4 is 4.74 Å². The third-order valence-corrected chi connectivity index (χ3v) is 2.15. The SMILES string of the molecule is Cc1cc(Br)cc(CO)c1OC(F)F. The second-order valence-corrected chi connectivity index (χ2v) is 3.66. The van der Waals surface area contributed by atoms with E-state index in [1.54, 1.807) is 19.1 Å². The minimum Gasteiger partial charge on any atom is -0.434 e. The van der Waals surface area contributed by atoms with E-state index in [2.05, 4.69) is 20.7 Å². The molecule has 0 bridgehead atoms. The van der Waals surface area contributed by atoms with Crippen molar-refractivity contribution in [3.8, 4) is 5.75 Å². The zero-order valence-corrected chi connectivity index (χ0v) is 9.01. The molecule has 78 valence electrons. The van der Waals surface area contributed by atoms with Gasteiger partial charge in [0, 0.05) is 10.0 Å². The third kappa shape index (κ3) is 2.65. The molecule has 0 saturated heterocycles. The number of aryl methyl sites for hydroxylation is 1. The van der Waals surface area contributed by atoms with Gasteiger partial charge in [0.05, 0.1) is 6.61 Å². The van der Waals surface area contributed by atoms with Gasteiger partial charge in [0.15, 0.2) is 0 Å². The zero-order valence-electron chi connectivity index (χ0n) is 7.43. The Balaban J connectivity index is 3.11. The summed E-state index contributed by atoms with van der Waals surface area (Å²) in [5.41, 5.74) is 0.904. The lowest BCUT2D eigenvalue weighted by atomic mass is 10.1. The maximum Gasteiger partial charge on any atom is 0.387 e. The van der Waals surface area contributed by atoms with Crippen molar-refractivity contribution in [3.05, 3.63) is 27.7 Å². The molecule has 0 aliphatic heterocycles. The minimum atomic E-state index is -2.87. The highest BCUT2D eigenvalue weighted by molar-refractivity contribution is 9.10. The van der Waals surface area contributed by atoms with Gasteiger partial charge in [-0.15, -0.1) is 0 Å². The van der Waals surface area contributed by atoms with Crippen molar-refractivity contribution in [1.29, 1.82) is 0 Å². The molecule has 0 amide bonds. The number of alkyl halides is 2. The summed E-state index contributed by atoms with van der Waals surface area (Å²) in [7, 11) is 0. The van der Waals surface area contributed by atoms with Crippen LogP contribution in [0, 0.1) is 6.92 Å². The third-order valence-electron chi connectivity index (χ3n) is 1.69. The molecule has 1 aromatic rings. The zero-order chi connectivity index (χ0) is 10.7. The Hall–Kier alpha value is -0.680. The molecule has 5 heteroatoms. The highest BCUT2D eigenvalue weighted by Gasteiger charge is 2.12. The molecule has 0 fully saturated rings. The van der Waals surface area contributed by atoms with Crippen LogP contribution in [0.4, 0.5) is 8.78 Å². The van der Waals surface area contributed by atoms with Gasteiger partial charge < -0.3 is 9.84 Å². The number of hydrogen-bond donors (Lipinski definition) is 1. The van der Waals surface area contributed by atoms with Crippen molar-refractivity contribution in [1.82, 2.24) is 0 Å². The van der Waals surface area contributed by atoms with Gasteiger partial charge in [0.1, 0.15) is 5.75 Å². The Kier molecular flexibility index (Phi) is 3.83. The van der Waals surface area contributed by atoms with E-state index >= 15 is 0 Å². The maximum absolute atomic E-state index is 12.0. The van der Waals surface area contributed by atoms with Crippen molar-refractivity contribution in [2.45, 2.75) is 20.1 Å². The number of ether oxygens (including phenoxy) is 1. The number of rotatable bonds is 3. The van der Waals surface area contributed by atoms with E-state index in [1.165, 1.54) is 0 Å². The van der Waals surface area contributed by atoms with Crippen LogP contribution in [0.25, 0.3) is 0 Å². The van der Waals surface area contributed by atoms with Gasteiger partial charge in [0.2, 0.25) is 0 Å². The summed E-state index contributed by atoms with van der Waals surface area (Å²) in [6, 6.07) is 3.20. The minimum absolute atomic E-state index is 0.0469. The van der Waals surface area contributed by atoms with Gasteiger partial charge in [-0.3, -0.25) is 0 Å². The van der Waals surface area contributed by atoms with Crippen LogP contribution in [0.3, 0.4) is 0 Å². The molecular weight excluding hydrogens is 258 g/mol. The predicted molar refractivity (Wildman–Crippen MR) is 51.4 cm³/mol. The predicted octanol–water partition coefficient (Wildman–Crippen LogP) is 2.85. The van der Waals surface area contributed by atoms with E-state index in [1.807, 2.05) is 0 Å². The van der Waals surface area contributed by atoms with Crippen LogP contribution >= 0.6 is 15.9 Å². The van der Waals surface area contributed by atoms with Gasteiger partial charge in [0.25, 0.3) is 0 Å². The molecule has 0 spiro atoms. The smallest absolute Gasteiger partial charge is 0.387 e. The summed E-state index contributed by atoms with van der Waals surface area (Å²) in [5.74, 6) is 0.0469. The van der Waals surface area contributed by atoms with Crippen molar-refractivity contribution in [2.24, 2.45) is 0 Å². The number of aliphatic hydroxyl groups excluding tert-OH is 1. The first-order valence-corrected chi connectivity index (χ1v) is 4.68. The second-order valence-electron chi connectivity index (χ2n) is 2.75. The molecule has 0 aliphatic carbocycles. The highest BCUT2D eigenvalue weighted by atomic mass is 79.9. The first-order chi connectivity index (χ1) is 6.54. The molecule has 1 N–H and O–H groups in total. The average Bonchev–Trinajstić information content (AvgIpc) is 2.08. The van der Waals surface area contributed by atoms with Crippen molar-refractivity contribution in [2.75, 3.05) is 0 Å². The quantitative estimate of drug-likeness (QED) is 0.912. The van der Waals surface area contributed by atoms with Gasteiger partial charge in [-0.05, 0) is 24.6 Å². The van der Waals surface area contributed by atoms with Crippen LogP contribution in [-0.4, -0.2) is 11.7 Å². The van der Waals surface area contributed by atoms with Crippen molar-refractivity contribution in [3.63, 3.8) is 0 Å². The molecule has 0 radical (unpaired) electrons. The molecule has 0 aromatic heterocycles. The lowest BCUT2D eigenvalue weighted by Crippen LogP contribution is -2.06. The second kappa shape index (κ2) is 4.70. The van der Waals surface area contributed by atoms with E-state index in [0.29, 0.717) is 11.1 Å². The molecule has 0 atom stereocenters. The number of hydrogen-bond acceptors (Lipinski definition) is 2. The van der Waals surface area contributed by atoms with E-state index in [-0.39, 0.29) is 12.4 Å². The van der Waals surface area contributed by atoms with Crippen LogP contribution in [0.5, 0.6) is 5.75 Å². The maximum atomic E-state index is 12.0. The van der Waals surface area contributed by atoms with Gasteiger partial charge >= 0.3 is 6.61 Å². The largest absolute Gasteiger partial charge is 0.434 e. The molecule has 0 unspecified atom stereocenters. The summed E-state index contributed by atoms with van der Waals surface area (Å²) >= 11 is 3.20. The Labute approximate surface area is 88.6 Å². The molecule has 1 aromatic carbocycles. The molecule has 14 heavy (non-hydrogen) atoms. The monoisotopic (exact) mass is 266 g/mol. The fraction of sp³-hybridized carbons (Fsp3) is 0.333. The lowest BCUT2D eigenvalue weighted by Gasteiger charge is -2.12. The fourth-order valence-electron chi connectivity index (χ4n) is 1.17.